The van der Waals surface area contributed by atoms with Crippen LogP contribution in [0.1, 0.15) is 30.0 Å². The molecular formula is C8H11NO2S. The van der Waals surface area contributed by atoms with Crippen LogP contribution in [0.3, 0.4) is 0 Å². The fourth-order valence-electron chi connectivity index (χ4n) is 0.973. The zero-order valence-corrected chi connectivity index (χ0v) is 7.89. The summed E-state index contributed by atoms with van der Waals surface area (Å²) in [5.41, 5.74) is 0.889. The molecule has 0 saturated heterocycles. The van der Waals surface area contributed by atoms with Crippen LogP contribution in [0.15, 0.2) is 5.38 Å². The number of aryl methyl sites for hydroxylation is 1. The zero-order chi connectivity index (χ0) is 9.14. The van der Waals surface area contributed by atoms with E-state index in [9.17, 15) is 4.79 Å². The topological polar surface area (TPSA) is 50.2 Å². The van der Waals surface area contributed by atoms with Crippen molar-refractivity contribution in [1.82, 2.24) is 4.98 Å². The summed E-state index contributed by atoms with van der Waals surface area (Å²) in [7, 11) is 0. The number of carbonyl (C=O) groups is 1. The predicted molar refractivity (Wildman–Crippen MR) is 47.5 cm³/mol. The fourth-order valence-corrected chi connectivity index (χ4v) is 1.71. The van der Waals surface area contributed by atoms with Gasteiger partial charge in [-0.3, -0.25) is 4.79 Å². The second-order valence-corrected chi connectivity index (χ2v) is 3.85. The second kappa shape index (κ2) is 3.67. The van der Waals surface area contributed by atoms with Gasteiger partial charge in [0.25, 0.3) is 0 Å². The largest absolute Gasteiger partial charge is 0.481 e. The Morgan fingerprint density at radius 3 is 2.92 bits per heavy atom. The van der Waals surface area contributed by atoms with Crippen LogP contribution in [0.25, 0.3) is 0 Å². The van der Waals surface area contributed by atoms with Crippen LogP contribution >= 0.6 is 11.3 Å². The minimum Gasteiger partial charge on any atom is -0.481 e. The van der Waals surface area contributed by atoms with E-state index in [1.54, 1.807) is 11.3 Å². The number of hydrogen-bond donors (Lipinski definition) is 1. The molecule has 0 spiro atoms. The van der Waals surface area contributed by atoms with E-state index in [4.69, 9.17) is 5.11 Å². The van der Waals surface area contributed by atoms with Crippen LogP contribution in [0.5, 0.6) is 0 Å². The lowest BCUT2D eigenvalue weighted by molar-refractivity contribution is -0.137. The Kier molecular flexibility index (Phi) is 2.81. The number of hydrogen-bond acceptors (Lipinski definition) is 3. The monoisotopic (exact) mass is 185 g/mol. The molecule has 1 rings (SSSR count). The zero-order valence-electron chi connectivity index (χ0n) is 7.07. The summed E-state index contributed by atoms with van der Waals surface area (Å²) < 4.78 is 0. The van der Waals surface area contributed by atoms with Crippen LogP contribution in [-0.4, -0.2) is 16.1 Å². The van der Waals surface area contributed by atoms with Gasteiger partial charge in [-0.1, -0.05) is 6.92 Å². The molecule has 66 valence electrons. The Morgan fingerprint density at radius 1 is 1.83 bits per heavy atom. The van der Waals surface area contributed by atoms with Crippen molar-refractivity contribution in [3.8, 4) is 0 Å². The van der Waals surface area contributed by atoms with Crippen LogP contribution in [0.4, 0.5) is 0 Å². The van der Waals surface area contributed by atoms with Crippen molar-refractivity contribution in [2.24, 2.45) is 0 Å². The standard InChI is InChI=1S/C8H11NO2S/c1-5(3-8(10)11)7-4-12-6(2)9-7/h4-5H,3H2,1-2H3,(H,10,11). The third kappa shape index (κ3) is 2.30. The maximum atomic E-state index is 10.4. The summed E-state index contributed by atoms with van der Waals surface area (Å²) in [6.07, 6.45) is 0.156. The molecule has 1 heterocycles. The third-order valence-corrected chi connectivity index (χ3v) is 2.41. The minimum atomic E-state index is -0.770. The van der Waals surface area contributed by atoms with Gasteiger partial charge in [0.2, 0.25) is 0 Å². The van der Waals surface area contributed by atoms with Crippen LogP contribution in [0.2, 0.25) is 0 Å². The van der Waals surface area contributed by atoms with Crippen molar-refractivity contribution in [2.75, 3.05) is 0 Å². The molecule has 4 heteroatoms. The van der Waals surface area contributed by atoms with Gasteiger partial charge in [-0.2, -0.15) is 0 Å². The molecule has 0 aliphatic rings. The molecule has 0 aliphatic carbocycles. The highest BCUT2D eigenvalue weighted by atomic mass is 32.1. The summed E-state index contributed by atoms with van der Waals surface area (Å²) in [4.78, 5) is 14.6. The van der Waals surface area contributed by atoms with E-state index in [-0.39, 0.29) is 12.3 Å². The quantitative estimate of drug-likeness (QED) is 0.783. The van der Waals surface area contributed by atoms with Crippen LogP contribution in [0, 0.1) is 6.92 Å². The van der Waals surface area contributed by atoms with Gasteiger partial charge in [-0.15, -0.1) is 11.3 Å². The maximum absolute atomic E-state index is 10.4. The molecule has 1 aromatic rings. The second-order valence-electron chi connectivity index (χ2n) is 2.79. The van der Waals surface area contributed by atoms with Gasteiger partial charge in [0.1, 0.15) is 0 Å². The molecule has 0 saturated carbocycles. The number of thiazole rings is 1. The third-order valence-electron chi connectivity index (χ3n) is 1.62. The molecule has 0 fully saturated rings. The van der Waals surface area contributed by atoms with Crippen LogP contribution in [-0.2, 0) is 4.79 Å². The number of rotatable bonds is 3. The van der Waals surface area contributed by atoms with Crippen molar-refractivity contribution in [3.63, 3.8) is 0 Å². The summed E-state index contributed by atoms with van der Waals surface area (Å²) in [6.45, 7) is 3.80. The lowest BCUT2D eigenvalue weighted by Crippen LogP contribution is -2.02. The smallest absolute Gasteiger partial charge is 0.304 e. The van der Waals surface area contributed by atoms with Gasteiger partial charge >= 0.3 is 5.97 Å². The molecule has 0 bridgehead atoms. The Bertz CT molecular complexity index is 282. The van der Waals surface area contributed by atoms with Gasteiger partial charge in [0, 0.05) is 11.3 Å². The lowest BCUT2D eigenvalue weighted by atomic mass is 10.1. The molecule has 3 nitrogen and oxygen atoms in total. The average Bonchev–Trinajstić information content (AvgIpc) is 2.34. The highest BCUT2D eigenvalue weighted by Crippen LogP contribution is 2.20. The van der Waals surface area contributed by atoms with Gasteiger partial charge < -0.3 is 5.11 Å². The first-order chi connectivity index (χ1) is 5.59. The maximum Gasteiger partial charge on any atom is 0.304 e. The average molecular weight is 185 g/mol. The van der Waals surface area contributed by atoms with Gasteiger partial charge in [-0.25, -0.2) is 4.98 Å². The SMILES string of the molecule is Cc1nc(C(C)CC(=O)O)cs1. The van der Waals surface area contributed by atoms with E-state index < -0.39 is 5.97 Å². The molecule has 1 N–H and O–H groups in total. The predicted octanol–water partition coefficient (Wildman–Crippen LogP) is 2.03. The molecule has 0 aliphatic heterocycles. The van der Waals surface area contributed by atoms with Crippen LogP contribution < -0.4 is 0 Å². The molecule has 1 unspecified atom stereocenters. The summed E-state index contributed by atoms with van der Waals surface area (Å²) in [5, 5.41) is 11.4. The van der Waals surface area contributed by atoms with Crippen molar-refractivity contribution in [2.45, 2.75) is 26.2 Å². The van der Waals surface area contributed by atoms with Crippen molar-refractivity contribution in [1.29, 1.82) is 0 Å². The molecule has 0 aromatic carbocycles. The highest BCUT2D eigenvalue weighted by Gasteiger charge is 2.12. The van der Waals surface area contributed by atoms with Gasteiger partial charge in [0.05, 0.1) is 17.1 Å². The molecular weight excluding hydrogens is 174 g/mol. The first kappa shape index (κ1) is 9.19. The van der Waals surface area contributed by atoms with Gasteiger partial charge in [-0.05, 0) is 6.92 Å². The molecule has 0 radical (unpaired) electrons. The fraction of sp³-hybridized carbons (Fsp3) is 0.500. The van der Waals surface area contributed by atoms with E-state index in [0.29, 0.717) is 0 Å². The van der Waals surface area contributed by atoms with E-state index >= 15 is 0 Å². The Balaban J connectivity index is 2.64. The molecule has 0 amide bonds. The molecule has 1 aromatic heterocycles. The number of carboxylic acid groups (broad SMARTS) is 1. The first-order valence-corrected chi connectivity index (χ1v) is 4.61. The summed E-state index contributed by atoms with van der Waals surface area (Å²) >= 11 is 1.56. The van der Waals surface area contributed by atoms with E-state index in [0.717, 1.165) is 10.7 Å². The highest BCUT2D eigenvalue weighted by molar-refractivity contribution is 7.09. The van der Waals surface area contributed by atoms with Crippen molar-refractivity contribution >= 4 is 17.3 Å². The van der Waals surface area contributed by atoms with Gasteiger partial charge in [0.15, 0.2) is 0 Å². The minimum absolute atomic E-state index is 0.0208. The Labute approximate surface area is 75.1 Å². The summed E-state index contributed by atoms with van der Waals surface area (Å²) in [6, 6.07) is 0. The van der Waals surface area contributed by atoms with E-state index in [1.165, 1.54) is 0 Å². The number of aromatic nitrogens is 1. The lowest BCUT2D eigenvalue weighted by Gasteiger charge is -2.02. The van der Waals surface area contributed by atoms with Crippen molar-refractivity contribution in [3.05, 3.63) is 16.1 Å². The first-order valence-electron chi connectivity index (χ1n) is 3.73. The Morgan fingerprint density at radius 2 is 2.50 bits per heavy atom. The number of aliphatic carboxylic acids is 1. The van der Waals surface area contributed by atoms with Crippen molar-refractivity contribution < 1.29 is 9.90 Å². The number of carboxylic acids is 1. The molecule has 1 atom stereocenters. The Hall–Kier alpha value is -0.900. The normalized spacial score (nSPS) is 12.8. The molecule has 12 heavy (non-hydrogen) atoms. The van der Waals surface area contributed by atoms with E-state index in [2.05, 4.69) is 4.98 Å². The van der Waals surface area contributed by atoms with E-state index in [1.807, 2.05) is 19.2 Å². The number of nitrogens with zero attached hydrogens (tertiary/aromatic N) is 1. The summed E-state index contributed by atoms with van der Waals surface area (Å²) in [5.74, 6) is -0.749.